The van der Waals surface area contributed by atoms with Crippen LogP contribution in [0, 0.1) is 0 Å². The Morgan fingerprint density at radius 1 is 1.47 bits per heavy atom. The van der Waals surface area contributed by atoms with E-state index in [2.05, 4.69) is 4.98 Å². The summed E-state index contributed by atoms with van der Waals surface area (Å²) in [5.74, 6) is 0. The summed E-state index contributed by atoms with van der Waals surface area (Å²) in [6.45, 7) is 1.26. The predicted molar refractivity (Wildman–Crippen MR) is 56.6 cm³/mol. The molecule has 1 aromatic rings. The summed E-state index contributed by atoms with van der Waals surface area (Å²) in [5, 5.41) is 0.526. The highest BCUT2D eigenvalue weighted by atomic mass is 35.5. The van der Waals surface area contributed by atoms with E-state index in [9.17, 15) is 8.78 Å². The number of pyridine rings is 1. The molecule has 0 aliphatic heterocycles. The third-order valence-electron chi connectivity index (χ3n) is 1.87. The molecule has 1 heterocycles. The fourth-order valence-electron chi connectivity index (χ4n) is 1.07. The number of aromatic nitrogens is 1. The van der Waals surface area contributed by atoms with Crippen molar-refractivity contribution in [1.82, 2.24) is 4.98 Å². The van der Waals surface area contributed by atoms with Crippen molar-refractivity contribution in [3.05, 3.63) is 28.0 Å². The van der Waals surface area contributed by atoms with E-state index in [1.807, 2.05) is 0 Å². The van der Waals surface area contributed by atoms with Gasteiger partial charge in [0.1, 0.15) is 5.15 Å². The van der Waals surface area contributed by atoms with Crippen molar-refractivity contribution >= 4 is 23.2 Å². The second-order valence-electron chi connectivity index (χ2n) is 3.58. The fraction of sp³-hybridized carbons (Fsp3) is 0.444. The summed E-state index contributed by atoms with van der Waals surface area (Å²) in [4.78, 5) is 3.87. The lowest BCUT2D eigenvalue weighted by molar-refractivity contribution is 0.0634. The first kappa shape index (κ1) is 12.6. The number of rotatable bonds is 3. The summed E-state index contributed by atoms with van der Waals surface area (Å²) in [7, 11) is 0. The Bertz CT molecular complexity index is 336. The van der Waals surface area contributed by atoms with Gasteiger partial charge >= 0.3 is 0 Å². The molecule has 0 aliphatic rings. The number of alkyl halides is 2. The van der Waals surface area contributed by atoms with Crippen LogP contribution in [0.5, 0.6) is 0 Å². The lowest BCUT2D eigenvalue weighted by atomic mass is 9.97. The predicted octanol–water partition coefficient (Wildman–Crippen LogP) is 2.91. The van der Waals surface area contributed by atoms with Gasteiger partial charge in [0.05, 0.1) is 5.54 Å². The molecule has 6 heteroatoms. The summed E-state index contributed by atoms with van der Waals surface area (Å²) in [6, 6.07) is 2.91. The molecule has 0 saturated carbocycles. The fourth-order valence-corrected chi connectivity index (χ4v) is 1.59. The van der Waals surface area contributed by atoms with Crippen LogP contribution in [0.15, 0.2) is 12.1 Å². The van der Waals surface area contributed by atoms with Crippen LogP contribution in [0.1, 0.15) is 12.6 Å². The molecule has 1 rings (SSSR count). The molecule has 1 aromatic heterocycles. The molecule has 0 aromatic carbocycles. The van der Waals surface area contributed by atoms with E-state index in [1.165, 1.54) is 19.1 Å². The van der Waals surface area contributed by atoms with Crippen LogP contribution in [0.25, 0.3) is 0 Å². The Hall–Kier alpha value is -0.450. The van der Waals surface area contributed by atoms with E-state index in [1.54, 1.807) is 0 Å². The summed E-state index contributed by atoms with van der Waals surface area (Å²) in [5.41, 5.74) is 4.15. The van der Waals surface area contributed by atoms with E-state index < -0.39 is 12.0 Å². The van der Waals surface area contributed by atoms with Crippen LogP contribution in [0.3, 0.4) is 0 Å². The van der Waals surface area contributed by atoms with Gasteiger partial charge in [0.2, 0.25) is 0 Å². The van der Waals surface area contributed by atoms with E-state index in [0.717, 1.165) is 0 Å². The van der Waals surface area contributed by atoms with Crippen LogP contribution < -0.4 is 5.73 Å². The SMILES string of the molecule is CC(N)(Cc1cc(Cl)cc(Cl)n1)C(F)F. The van der Waals surface area contributed by atoms with E-state index in [-0.39, 0.29) is 11.6 Å². The van der Waals surface area contributed by atoms with Gasteiger partial charge in [-0.15, -0.1) is 0 Å². The van der Waals surface area contributed by atoms with Crippen LogP contribution in [-0.2, 0) is 6.42 Å². The van der Waals surface area contributed by atoms with Crippen LogP contribution in [-0.4, -0.2) is 16.9 Å². The third-order valence-corrected chi connectivity index (χ3v) is 2.28. The van der Waals surface area contributed by atoms with Crippen molar-refractivity contribution in [2.45, 2.75) is 25.3 Å². The van der Waals surface area contributed by atoms with Gasteiger partial charge in [-0.1, -0.05) is 23.2 Å². The molecule has 0 bridgehead atoms. The summed E-state index contributed by atoms with van der Waals surface area (Å²) >= 11 is 11.3. The minimum atomic E-state index is -2.63. The lowest BCUT2D eigenvalue weighted by Gasteiger charge is -2.22. The van der Waals surface area contributed by atoms with Crippen molar-refractivity contribution in [3.63, 3.8) is 0 Å². The molecule has 1 unspecified atom stereocenters. The number of hydrogen-bond donors (Lipinski definition) is 1. The minimum Gasteiger partial charge on any atom is -0.320 e. The molecule has 0 saturated heterocycles. The maximum atomic E-state index is 12.5. The van der Waals surface area contributed by atoms with Gasteiger partial charge in [-0.05, 0) is 19.1 Å². The van der Waals surface area contributed by atoms with Crippen molar-refractivity contribution < 1.29 is 8.78 Å². The molecule has 1 atom stereocenters. The number of nitrogens with two attached hydrogens (primary N) is 1. The Morgan fingerprint density at radius 2 is 2.07 bits per heavy atom. The maximum absolute atomic E-state index is 12.5. The number of nitrogens with zero attached hydrogens (tertiary/aromatic N) is 1. The smallest absolute Gasteiger partial charge is 0.256 e. The largest absolute Gasteiger partial charge is 0.320 e. The quantitative estimate of drug-likeness (QED) is 0.843. The first-order chi connectivity index (χ1) is 6.81. The third kappa shape index (κ3) is 3.55. The zero-order valence-corrected chi connectivity index (χ0v) is 9.49. The zero-order valence-electron chi connectivity index (χ0n) is 7.98. The van der Waals surface area contributed by atoms with Crippen molar-refractivity contribution in [2.24, 2.45) is 5.73 Å². The van der Waals surface area contributed by atoms with Crippen molar-refractivity contribution in [1.29, 1.82) is 0 Å². The highest BCUT2D eigenvalue weighted by molar-refractivity contribution is 6.33. The normalized spacial score (nSPS) is 15.4. The van der Waals surface area contributed by atoms with Gasteiger partial charge in [-0.25, -0.2) is 13.8 Å². The Kier molecular flexibility index (Phi) is 3.87. The average molecular weight is 255 g/mol. The first-order valence-corrected chi connectivity index (χ1v) is 4.96. The van der Waals surface area contributed by atoms with Gasteiger partial charge < -0.3 is 5.73 Å². The Labute approximate surface area is 96.4 Å². The number of halogens is 4. The van der Waals surface area contributed by atoms with Crippen molar-refractivity contribution in [2.75, 3.05) is 0 Å². The topological polar surface area (TPSA) is 38.9 Å². The summed E-state index contributed by atoms with van der Waals surface area (Å²) < 4.78 is 25.0. The second-order valence-corrected chi connectivity index (χ2v) is 4.41. The van der Waals surface area contributed by atoms with Crippen LogP contribution in [0.4, 0.5) is 8.78 Å². The summed E-state index contributed by atoms with van der Waals surface area (Å²) in [6.07, 6.45) is -2.71. The first-order valence-electron chi connectivity index (χ1n) is 4.20. The van der Waals surface area contributed by atoms with E-state index in [4.69, 9.17) is 28.9 Å². The molecule has 2 nitrogen and oxygen atoms in total. The minimum absolute atomic E-state index is 0.0784. The van der Waals surface area contributed by atoms with Gasteiger partial charge in [-0.3, -0.25) is 0 Å². The molecule has 84 valence electrons. The molecule has 0 spiro atoms. The molecule has 0 fully saturated rings. The lowest BCUT2D eigenvalue weighted by Crippen LogP contribution is -2.46. The van der Waals surface area contributed by atoms with Gasteiger partial charge in [0.25, 0.3) is 6.43 Å². The molecule has 0 amide bonds. The second kappa shape index (κ2) is 4.60. The molecule has 0 aliphatic carbocycles. The number of hydrogen-bond acceptors (Lipinski definition) is 2. The monoisotopic (exact) mass is 254 g/mol. The van der Waals surface area contributed by atoms with Gasteiger partial charge in [0.15, 0.2) is 0 Å². The molecular weight excluding hydrogens is 245 g/mol. The Morgan fingerprint density at radius 3 is 2.53 bits per heavy atom. The molecule has 0 radical (unpaired) electrons. The molecular formula is C9H10Cl2F2N2. The van der Waals surface area contributed by atoms with Crippen LogP contribution >= 0.6 is 23.2 Å². The highest BCUT2D eigenvalue weighted by Gasteiger charge is 2.31. The van der Waals surface area contributed by atoms with Crippen LogP contribution in [0.2, 0.25) is 10.2 Å². The maximum Gasteiger partial charge on any atom is 0.256 e. The average Bonchev–Trinajstić information content (AvgIpc) is 1.99. The van der Waals surface area contributed by atoms with Gasteiger partial charge in [-0.2, -0.15) is 0 Å². The Balaban J connectivity index is 2.89. The van der Waals surface area contributed by atoms with E-state index in [0.29, 0.717) is 10.7 Å². The zero-order chi connectivity index (χ0) is 11.6. The van der Waals surface area contributed by atoms with Gasteiger partial charge in [0, 0.05) is 17.1 Å². The standard InChI is InChI=1S/C9H10Cl2F2N2/c1-9(14,8(12)13)4-6-2-5(10)3-7(11)15-6/h2-3,8H,4,14H2,1H3. The molecule has 2 N–H and O–H groups in total. The highest BCUT2D eigenvalue weighted by Crippen LogP contribution is 2.21. The van der Waals surface area contributed by atoms with E-state index >= 15 is 0 Å². The molecule has 15 heavy (non-hydrogen) atoms. The van der Waals surface area contributed by atoms with Crippen molar-refractivity contribution in [3.8, 4) is 0 Å².